The van der Waals surface area contributed by atoms with Gasteiger partial charge in [-0.2, -0.15) is 0 Å². The molecule has 0 spiro atoms. The second-order valence-electron chi connectivity index (χ2n) is 8.94. The van der Waals surface area contributed by atoms with Crippen LogP contribution in [-0.2, 0) is 5.41 Å². The molecule has 1 aliphatic heterocycles. The highest BCUT2D eigenvalue weighted by Crippen LogP contribution is 2.40. The summed E-state index contributed by atoms with van der Waals surface area (Å²) in [6.45, 7) is 15.3. The Morgan fingerprint density at radius 2 is 2.08 bits per heavy atom. The van der Waals surface area contributed by atoms with Crippen LogP contribution in [0.5, 0.6) is 0 Å². The fourth-order valence-corrected chi connectivity index (χ4v) is 4.37. The summed E-state index contributed by atoms with van der Waals surface area (Å²) in [5.41, 5.74) is 4.01. The molecule has 1 fully saturated rings. The summed E-state index contributed by atoms with van der Waals surface area (Å²) in [4.78, 5) is 11.0. The summed E-state index contributed by atoms with van der Waals surface area (Å²) in [6, 6.07) is 6.90. The minimum Gasteiger partial charge on any atom is -0.342 e. The van der Waals surface area contributed by atoms with Crippen LogP contribution in [0.15, 0.2) is 18.2 Å². The Labute approximate surface area is 159 Å². The quantitative estimate of drug-likeness (QED) is 0.630. The van der Waals surface area contributed by atoms with Crippen LogP contribution in [0.25, 0.3) is 11.0 Å². The molecule has 26 heavy (non-hydrogen) atoms. The van der Waals surface area contributed by atoms with Crippen molar-refractivity contribution in [3.05, 3.63) is 29.6 Å². The van der Waals surface area contributed by atoms with Crippen LogP contribution in [0.1, 0.15) is 84.0 Å². The highest BCUT2D eigenvalue weighted by atomic mass is 15.1. The summed E-state index contributed by atoms with van der Waals surface area (Å²) < 4.78 is 0. The standard InChI is InChI=1S/C23H37N3/c1-6-7-8-9-13-26-14-12-23(5,18(4)16-26)19-10-11-20-21(15-19)25-22(24-20)17(2)3/h10-11,15,17-18H,6-9,12-14,16H2,1-5H3,(H,24,25)/t18-,23-/m0/s1. The Kier molecular flexibility index (Phi) is 6.06. The van der Waals surface area contributed by atoms with Gasteiger partial charge in [0.15, 0.2) is 0 Å². The van der Waals surface area contributed by atoms with Crippen molar-refractivity contribution in [1.82, 2.24) is 14.9 Å². The van der Waals surface area contributed by atoms with Gasteiger partial charge >= 0.3 is 0 Å². The van der Waals surface area contributed by atoms with Gasteiger partial charge in [-0.25, -0.2) is 4.98 Å². The summed E-state index contributed by atoms with van der Waals surface area (Å²) in [6.07, 6.45) is 6.68. The maximum absolute atomic E-state index is 4.83. The minimum atomic E-state index is 0.255. The predicted octanol–water partition coefficient (Wildman–Crippen LogP) is 5.87. The fraction of sp³-hybridized carbons (Fsp3) is 0.696. The summed E-state index contributed by atoms with van der Waals surface area (Å²) in [5, 5.41) is 0. The zero-order valence-electron chi connectivity index (χ0n) is 17.4. The summed E-state index contributed by atoms with van der Waals surface area (Å²) >= 11 is 0. The normalized spacial score (nSPS) is 24.6. The number of nitrogens with zero attached hydrogens (tertiary/aromatic N) is 2. The number of aromatic amines is 1. The Bertz CT molecular complexity index is 717. The number of unbranched alkanes of at least 4 members (excludes halogenated alkanes) is 3. The van der Waals surface area contributed by atoms with Gasteiger partial charge in [-0.15, -0.1) is 0 Å². The van der Waals surface area contributed by atoms with Crippen LogP contribution in [0.2, 0.25) is 0 Å². The van der Waals surface area contributed by atoms with Crippen LogP contribution in [0, 0.1) is 5.92 Å². The number of hydrogen-bond donors (Lipinski definition) is 1. The maximum Gasteiger partial charge on any atom is 0.109 e. The van der Waals surface area contributed by atoms with Gasteiger partial charge in [-0.1, -0.05) is 59.9 Å². The first-order valence-electron chi connectivity index (χ1n) is 10.7. The first kappa shape index (κ1) is 19.4. The number of H-pyrrole nitrogens is 1. The molecule has 1 saturated heterocycles. The number of likely N-dealkylation sites (tertiary alicyclic amines) is 1. The molecule has 144 valence electrons. The van der Waals surface area contributed by atoms with Gasteiger partial charge in [0.05, 0.1) is 11.0 Å². The molecular formula is C23H37N3. The van der Waals surface area contributed by atoms with Gasteiger partial charge in [-0.3, -0.25) is 0 Å². The largest absolute Gasteiger partial charge is 0.342 e. The molecule has 0 saturated carbocycles. The third-order valence-electron chi connectivity index (χ3n) is 6.60. The smallest absolute Gasteiger partial charge is 0.109 e. The van der Waals surface area contributed by atoms with Crippen LogP contribution < -0.4 is 0 Å². The zero-order chi connectivity index (χ0) is 18.7. The molecule has 1 aromatic carbocycles. The SMILES string of the molecule is CCCCCCN1CC[C@](C)(c2ccc3[nH]c(C(C)C)nc3c2)[C@@H](C)C1. The van der Waals surface area contributed by atoms with E-state index in [4.69, 9.17) is 4.98 Å². The van der Waals surface area contributed by atoms with Crippen molar-refractivity contribution >= 4 is 11.0 Å². The topological polar surface area (TPSA) is 31.9 Å². The van der Waals surface area contributed by atoms with Gasteiger partial charge in [0.2, 0.25) is 0 Å². The number of nitrogens with one attached hydrogen (secondary N) is 1. The predicted molar refractivity (Wildman–Crippen MR) is 112 cm³/mol. The Morgan fingerprint density at radius 1 is 1.27 bits per heavy atom. The van der Waals surface area contributed by atoms with Gasteiger partial charge in [0.25, 0.3) is 0 Å². The number of hydrogen-bond acceptors (Lipinski definition) is 2. The molecule has 2 heterocycles. The van der Waals surface area contributed by atoms with Gasteiger partial charge < -0.3 is 9.88 Å². The monoisotopic (exact) mass is 355 g/mol. The second-order valence-corrected chi connectivity index (χ2v) is 8.94. The summed E-state index contributed by atoms with van der Waals surface area (Å²) in [5.74, 6) is 2.21. The van der Waals surface area contributed by atoms with Crippen LogP contribution in [0.3, 0.4) is 0 Å². The van der Waals surface area contributed by atoms with Gasteiger partial charge in [0.1, 0.15) is 5.82 Å². The Hall–Kier alpha value is -1.35. The van der Waals surface area contributed by atoms with Crippen molar-refractivity contribution in [3.8, 4) is 0 Å². The van der Waals surface area contributed by atoms with E-state index in [2.05, 4.69) is 62.7 Å². The number of piperidine rings is 1. The molecule has 2 atom stereocenters. The van der Waals surface area contributed by atoms with E-state index in [-0.39, 0.29) is 5.41 Å². The zero-order valence-corrected chi connectivity index (χ0v) is 17.4. The summed E-state index contributed by atoms with van der Waals surface area (Å²) in [7, 11) is 0. The highest BCUT2D eigenvalue weighted by Gasteiger charge is 2.38. The van der Waals surface area contributed by atoms with E-state index in [1.807, 2.05) is 0 Å². The highest BCUT2D eigenvalue weighted by molar-refractivity contribution is 5.76. The van der Waals surface area contributed by atoms with E-state index in [0.29, 0.717) is 11.8 Å². The lowest BCUT2D eigenvalue weighted by molar-refractivity contribution is 0.109. The third-order valence-corrected chi connectivity index (χ3v) is 6.60. The van der Waals surface area contributed by atoms with Crippen LogP contribution in [-0.4, -0.2) is 34.5 Å². The Balaban J connectivity index is 1.71. The molecule has 3 nitrogen and oxygen atoms in total. The van der Waals surface area contributed by atoms with E-state index in [1.165, 1.54) is 62.8 Å². The molecule has 0 radical (unpaired) electrons. The average Bonchev–Trinajstić information content (AvgIpc) is 3.05. The fourth-order valence-electron chi connectivity index (χ4n) is 4.37. The van der Waals surface area contributed by atoms with E-state index in [9.17, 15) is 0 Å². The van der Waals surface area contributed by atoms with Crippen molar-refractivity contribution < 1.29 is 0 Å². The molecule has 3 rings (SSSR count). The lowest BCUT2D eigenvalue weighted by atomic mass is 9.68. The van der Waals surface area contributed by atoms with E-state index < -0.39 is 0 Å². The molecule has 1 aliphatic rings. The number of imidazole rings is 1. The van der Waals surface area contributed by atoms with Crippen molar-refractivity contribution in [2.75, 3.05) is 19.6 Å². The van der Waals surface area contributed by atoms with Crippen LogP contribution >= 0.6 is 0 Å². The average molecular weight is 356 g/mol. The number of rotatable bonds is 7. The minimum absolute atomic E-state index is 0.255. The molecule has 1 N–H and O–H groups in total. The molecule has 0 amide bonds. The van der Waals surface area contributed by atoms with E-state index in [1.54, 1.807) is 0 Å². The van der Waals surface area contributed by atoms with Gasteiger partial charge in [-0.05, 0) is 55.0 Å². The number of aromatic nitrogens is 2. The molecule has 2 aromatic rings. The first-order valence-corrected chi connectivity index (χ1v) is 10.7. The number of benzene rings is 1. The maximum atomic E-state index is 4.83. The van der Waals surface area contributed by atoms with Crippen molar-refractivity contribution in [3.63, 3.8) is 0 Å². The van der Waals surface area contributed by atoms with Crippen LogP contribution in [0.4, 0.5) is 0 Å². The Morgan fingerprint density at radius 3 is 2.77 bits per heavy atom. The lowest BCUT2D eigenvalue weighted by Gasteiger charge is -2.45. The molecule has 0 bridgehead atoms. The molecule has 0 aliphatic carbocycles. The second kappa shape index (κ2) is 8.12. The molecular weight excluding hydrogens is 318 g/mol. The first-order chi connectivity index (χ1) is 12.4. The third kappa shape index (κ3) is 3.98. The molecule has 3 heteroatoms. The van der Waals surface area contributed by atoms with Crippen molar-refractivity contribution in [2.45, 2.75) is 78.1 Å². The lowest BCUT2D eigenvalue weighted by Crippen LogP contribution is -2.47. The van der Waals surface area contributed by atoms with Gasteiger partial charge in [0, 0.05) is 12.5 Å². The molecule has 0 unspecified atom stereocenters. The molecule has 1 aromatic heterocycles. The van der Waals surface area contributed by atoms with Crippen molar-refractivity contribution in [2.24, 2.45) is 5.92 Å². The number of fused-ring (bicyclic) bond motifs is 1. The van der Waals surface area contributed by atoms with Crippen molar-refractivity contribution in [1.29, 1.82) is 0 Å². The van der Waals surface area contributed by atoms with E-state index in [0.717, 1.165) is 11.3 Å². The van der Waals surface area contributed by atoms with E-state index >= 15 is 0 Å².